The van der Waals surface area contributed by atoms with Crippen molar-refractivity contribution < 1.29 is 0 Å². The summed E-state index contributed by atoms with van der Waals surface area (Å²) in [5.41, 5.74) is 3.35. The van der Waals surface area contributed by atoms with Crippen LogP contribution in [0.3, 0.4) is 0 Å². The number of nitriles is 1. The molecule has 15 heavy (non-hydrogen) atoms. The number of thioether (sulfide) groups is 1. The molecule has 0 saturated heterocycles. The molecule has 0 spiro atoms. The first-order valence-electron chi connectivity index (χ1n) is 4.52. The van der Waals surface area contributed by atoms with E-state index in [9.17, 15) is 0 Å². The molecule has 78 valence electrons. The Balaban J connectivity index is 2.89. The van der Waals surface area contributed by atoms with Crippen LogP contribution < -0.4 is 5.32 Å². The molecule has 0 aliphatic rings. The zero-order chi connectivity index (χ0) is 11.3. The number of nitrogens with zero attached hydrogens (tertiary/aromatic N) is 2. The minimum Gasteiger partial charge on any atom is -0.334 e. The number of nitrogens with one attached hydrogen (secondary N) is 1. The molecule has 0 unspecified atom stereocenters. The van der Waals surface area contributed by atoms with E-state index in [0.717, 1.165) is 5.69 Å². The van der Waals surface area contributed by atoms with Crippen molar-refractivity contribution in [2.24, 2.45) is 4.99 Å². The van der Waals surface area contributed by atoms with Gasteiger partial charge in [0.25, 0.3) is 0 Å². The van der Waals surface area contributed by atoms with Crippen LogP contribution in [0.25, 0.3) is 0 Å². The maximum Gasteiger partial charge on any atom is 0.208 e. The summed E-state index contributed by atoms with van der Waals surface area (Å²) >= 11 is 1.42. The van der Waals surface area contributed by atoms with Crippen LogP contribution in [0.15, 0.2) is 23.2 Å². The van der Waals surface area contributed by atoms with Gasteiger partial charge in [0.2, 0.25) is 6.19 Å². The second-order valence-electron chi connectivity index (χ2n) is 3.22. The summed E-state index contributed by atoms with van der Waals surface area (Å²) in [5, 5.41) is 12.2. The van der Waals surface area contributed by atoms with Crippen molar-refractivity contribution in [3.8, 4) is 6.19 Å². The smallest absolute Gasteiger partial charge is 0.208 e. The van der Waals surface area contributed by atoms with Gasteiger partial charge in [-0.2, -0.15) is 5.26 Å². The van der Waals surface area contributed by atoms with Gasteiger partial charge in [-0.15, -0.1) is 4.99 Å². The molecule has 4 heteroatoms. The van der Waals surface area contributed by atoms with Crippen LogP contribution in [-0.2, 0) is 0 Å². The lowest BCUT2D eigenvalue weighted by Crippen LogP contribution is -2.06. The predicted molar refractivity (Wildman–Crippen MR) is 66.1 cm³/mol. The van der Waals surface area contributed by atoms with Gasteiger partial charge in [0.1, 0.15) is 0 Å². The molecule has 0 radical (unpaired) electrons. The van der Waals surface area contributed by atoms with Crippen LogP contribution >= 0.6 is 11.8 Å². The minimum absolute atomic E-state index is 0.613. The SMILES string of the molecule is CS/C(=N\C#N)Nc1cc(C)cc(C)c1. The second kappa shape index (κ2) is 5.42. The first-order chi connectivity index (χ1) is 7.15. The van der Waals surface area contributed by atoms with Gasteiger partial charge >= 0.3 is 0 Å². The summed E-state index contributed by atoms with van der Waals surface area (Å²) in [7, 11) is 0. The fourth-order valence-electron chi connectivity index (χ4n) is 1.34. The Morgan fingerprint density at radius 3 is 2.40 bits per heavy atom. The summed E-state index contributed by atoms with van der Waals surface area (Å²) in [6, 6.07) is 6.15. The third kappa shape index (κ3) is 3.64. The highest BCUT2D eigenvalue weighted by atomic mass is 32.2. The lowest BCUT2D eigenvalue weighted by molar-refractivity contribution is 1.38. The Hall–Kier alpha value is -1.47. The Kier molecular flexibility index (Phi) is 4.19. The zero-order valence-corrected chi connectivity index (χ0v) is 9.85. The fraction of sp³-hybridized carbons (Fsp3) is 0.273. The average molecular weight is 219 g/mol. The van der Waals surface area contributed by atoms with E-state index in [4.69, 9.17) is 5.26 Å². The largest absolute Gasteiger partial charge is 0.334 e. The van der Waals surface area contributed by atoms with Gasteiger partial charge in [0.15, 0.2) is 5.17 Å². The Morgan fingerprint density at radius 1 is 1.33 bits per heavy atom. The van der Waals surface area contributed by atoms with E-state index in [1.807, 2.05) is 32.2 Å². The number of aryl methyl sites for hydroxylation is 2. The minimum atomic E-state index is 0.613. The van der Waals surface area contributed by atoms with Crippen LogP contribution in [0.1, 0.15) is 11.1 Å². The van der Waals surface area contributed by atoms with Crippen molar-refractivity contribution in [1.82, 2.24) is 0 Å². The lowest BCUT2D eigenvalue weighted by atomic mass is 10.1. The van der Waals surface area contributed by atoms with E-state index in [0.29, 0.717) is 5.17 Å². The molecule has 0 saturated carbocycles. The van der Waals surface area contributed by atoms with Crippen LogP contribution in [0.5, 0.6) is 0 Å². The van der Waals surface area contributed by atoms with Gasteiger partial charge in [-0.05, 0) is 43.4 Å². The van der Waals surface area contributed by atoms with Crippen molar-refractivity contribution >= 4 is 22.6 Å². The molecule has 1 rings (SSSR count). The van der Waals surface area contributed by atoms with Crippen molar-refractivity contribution in [3.05, 3.63) is 29.3 Å². The molecule has 0 aliphatic carbocycles. The molecule has 1 aromatic carbocycles. The highest BCUT2D eigenvalue weighted by molar-refractivity contribution is 8.13. The summed E-state index contributed by atoms with van der Waals surface area (Å²) in [6.45, 7) is 4.08. The maximum absolute atomic E-state index is 8.46. The predicted octanol–water partition coefficient (Wildman–Crippen LogP) is 2.92. The number of hydrogen-bond acceptors (Lipinski definition) is 3. The van der Waals surface area contributed by atoms with Crippen molar-refractivity contribution in [3.63, 3.8) is 0 Å². The Morgan fingerprint density at radius 2 is 1.93 bits per heavy atom. The number of anilines is 1. The summed E-state index contributed by atoms with van der Waals surface area (Å²) in [4.78, 5) is 3.67. The first kappa shape index (κ1) is 11.6. The Bertz CT molecular complexity index is 398. The molecule has 0 amide bonds. The van der Waals surface area contributed by atoms with Gasteiger partial charge < -0.3 is 5.32 Å². The number of benzene rings is 1. The monoisotopic (exact) mass is 219 g/mol. The van der Waals surface area contributed by atoms with Crippen LogP contribution in [0.4, 0.5) is 5.69 Å². The number of aliphatic imine (C=N–C) groups is 1. The first-order valence-corrected chi connectivity index (χ1v) is 5.74. The quantitative estimate of drug-likeness (QED) is 0.449. The average Bonchev–Trinajstić information content (AvgIpc) is 2.15. The van der Waals surface area contributed by atoms with Crippen LogP contribution in [0.2, 0.25) is 0 Å². The molecule has 3 nitrogen and oxygen atoms in total. The molecule has 0 fully saturated rings. The summed E-state index contributed by atoms with van der Waals surface area (Å²) in [6.07, 6.45) is 3.65. The number of hydrogen-bond donors (Lipinski definition) is 1. The molecular formula is C11H13N3S. The van der Waals surface area contributed by atoms with Crippen LogP contribution in [-0.4, -0.2) is 11.4 Å². The van der Waals surface area contributed by atoms with Gasteiger partial charge in [0.05, 0.1) is 0 Å². The summed E-state index contributed by atoms with van der Waals surface area (Å²) < 4.78 is 0. The highest BCUT2D eigenvalue weighted by Crippen LogP contribution is 2.15. The zero-order valence-electron chi connectivity index (χ0n) is 9.03. The molecule has 0 aliphatic heterocycles. The van der Waals surface area contributed by atoms with Gasteiger partial charge in [-0.25, -0.2) is 0 Å². The van der Waals surface area contributed by atoms with E-state index in [2.05, 4.69) is 16.4 Å². The molecule has 0 bridgehead atoms. The summed E-state index contributed by atoms with van der Waals surface area (Å²) in [5.74, 6) is 0. The topological polar surface area (TPSA) is 48.2 Å². The van der Waals surface area contributed by atoms with Crippen molar-refractivity contribution in [1.29, 1.82) is 5.26 Å². The molecule has 0 aromatic heterocycles. The van der Waals surface area contributed by atoms with Gasteiger partial charge in [-0.3, -0.25) is 0 Å². The lowest BCUT2D eigenvalue weighted by Gasteiger charge is -2.07. The third-order valence-electron chi connectivity index (χ3n) is 1.82. The highest BCUT2D eigenvalue weighted by Gasteiger charge is 1.99. The molecule has 1 aromatic rings. The van der Waals surface area contributed by atoms with Crippen LogP contribution in [0, 0.1) is 25.3 Å². The van der Waals surface area contributed by atoms with E-state index in [1.54, 1.807) is 6.19 Å². The van der Waals surface area contributed by atoms with Gasteiger partial charge in [-0.1, -0.05) is 17.8 Å². The van der Waals surface area contributed by atoms with E-state index >= 15 is 0 Å². The fourth-order valence-corrected chi connectivity index (χ4v) is 1.69. The molecular weight excluding hydrogens is 206 g/mol. The molecule has 0 heterocycles. The van der Waals surface area contributed by atoms with Crippen molar-refractivity contribution in [2.75, 3.05) is 11.6 Å². The molecule has 1 N–H and O–H groups in total. The normalized spacial score (nSPS) is 10.9. The van der Waals surface area contributed by atoms with Crippen molar-refractivity contribution in [2.45, 2.75) is 13.8 Å². The maximum atomic E-state index is 8.46. The van der Waals surface area contributed by atoms with E-state index in [1.165, 1.54) is 22.9 Å². The van der Waals surface area contributed by atoms with E-state index < -0.39 is 0 Å². The second-order valence-corrected chi connectivity index (χ2v) is 4.02. The third-order valence-corrected chi connectivity index (χ3v) is 2.40. The Labute approximate surface area is 94.2 Å². The molecule has 0 atom stereocenters. The number of rotatable bonds is 1. The van der Waals surface area contributed by atoms with E-state index in [-0.39, 0.29) is 0 Å². The number of amidine groups is 1. The van der Waals surface area contributed by atoms with Gasteiger partial charge in [0, 0.05) is 5.69 Å². The standard InChI is InChI=1S/C11H13N3S/c1-8-4-9(2)6-10(5-8)14-11(15-3)13-7-12/h4-6H,1-3H3,(H,13,14).